The van der Waals surface area contributed by atoms with Gasteiger partial charge in [0, 0.05) is 6.54 Å². The summed E-state index contributed by atoms with van der Waals surface area (Å²) < 4.78 is 5.28. The van der Waals surface area contributed by atoms with E-state index >= 15 is 0 Å². The van der Waals surface area contributed by atoms with Crippen LogP contribution in [0.5, 0.6) is 0 Å². The van der Waals surface area contributed by atoms with Crippen LogP contribution < -0.4 is 21.7 Å². The summed E-state index contributed by atoms with van der Waals surface area (Å²) >= 11 is 0. The zero-order valence-corrected chi connectivity index (χ0v) is 27.2. The fraction of sp³-hybridized carbons (Fsp3) is 0.750. The van der Waals surface area contributed by atoms with Crippen molar-refractivity contribution in [2.24, 2.45) is 17.1 Å². The number of Topliss-reactive ketones (excluding diaryl/α,β-unsaturated/α-hetero) is 1. The van der Waals surface area contributed by atoms with Crippen molar-refractivity contribution in [3.8, 4) is 0 Å². The maximum absolute atomic E-state index is 13.7. The highest BCUT2D eigenvalue weighted by molar-refractivity contribution is 6.37. The predicted molar refractivity (Wildman–Crippen MR) is 166 cm³/mol. The van der Waals surface area contributed by atoms with E-state index in [1.165, 1.54) is 30.2 Å². The molecule has 248 valence electrons. The van der Waals surface area contributed by atoms with Crippen LogP contribution in [0.15, 0.2) is 12.7 Å². The molecule has 3 rings (SSSR count). The van der Waals surface area contributed by atoms with E-state index in [2.05, 4.69) is 29.5 Å². The lowest BCUT2D eigenvalue weighted by Crippen LogP contribution is -2.64. The number of nitrogens with one attached hydrogen (secondary N) is 3. The van der Waals surface area contributed by atoms with Gasteiger partial charge in [0.2, 0.25) is 17.6 Å². The number of nitrogens with zero attached hydrogens (tertiary/aromatic N) is 1. The van der Waals surface area contributed by atoms with Crippen molar-refractivity contribution < 1.29 is 33.5 Å². The molecule has 0 radical (unpaired) electrons. The number of urea groups is 1. The van der Waals surface area contributed by atoms with Crippen LogP contribution in [0, 0.1) is 11.3 Å². The Kier molecular flexibility index (Phi) is 13.8. The van der Waals surface area contributed by atoms with Crippen molar-refractivity contribution >= 4 is 35.5 Å². The summed E-state index contributed by atoms with van der Waals surface area (Å²) in [7, 11) is 0. The highest BCUT2D eigenvalue weighted by Crippen LogP contribution is 2.30. The summed E-state index contributed by atoms with van der Waals surface area (Å²) in [6.07, 6.45) is 10.2. The standard InChI is InChI=1S/C27H43N5O7.C5H10/c1-6-16-39-24(37)27(13-9-8-10-14-27)31-25(38)30-20(26(3,4)5)23(36)32-15-11-12-18(32)22(35)29-17(7-2)19(33)21(28)34;1-5-3-2-4-5/h6,17-18,20H,1,7-16H2,2-5H3,(H2,28,34)(H,29,35)(H2,30,31,38);5H,2-4H2,1H3. The van der Waals surface area contributed by atoms with E-state index in [0.717, 1.165) is 25.2 Å². The quantitative estimate of drug-likeness (QED) is 0.156. The van der Waals surface area contributed by atoms with Crippen LogP contribution in [0.2, 0.25) is 0 Å². The first-order valence-corrected chi connectivity index (χ1v) is 16.0. The summed E-state index contributed by atoms with van der Waals surface area (Å²) in [6, 6.07) is -3.66. The molecule has 12 heteroatoms. The maximum atomic E-state index is 13.7. The minimum Gasteiger partial charge on any atom is -0.460 e. The Morgan fingerprint density at radius 1 is 1.00 bits per heavy atom. The van der Waals surface area contributed by atoms with E-state index < -0.39 is 64.6 Å². The Balaban J connectivity index is 0.00000122. The van der Waals surface area contributed by atoms with Crippen molar-refractivity contribution in [3.05, 3.63) is 12.7 Å². The van der Waals surface area contributed by atoms with Crippen molar-refractivity contribution in [2.75, 3.05) is 13.2 Å². The lowest BCUT2D eigenvalue weighted by atomic mass is 9.81. The molecule has 1 aliphatic heterocycles. The highest BCUT2D eigenvalue weighted by atomic mass is 16.5. The highest BCUT2D eigenvalue weighted by Gasteiger charge is 2.45. The number of esters is 1. The van der Waals surface area contributed by atoms with Crippen LogP contribution in [-0.2, 0) is 28.7 Å². The third-order valence-electron chi connectivity index (χ3n) is 8.69. The Labute approximate surface area is 261 Å². The van der Waals surface area contributed by atoms with Gasteiger partial charge >= 0.3 is 12.0 Å². The second-order valence-corrected chi connectivity index (χ2v) is 13.4. The van der Waals surface area contributed by atoms with Gasteiger partial charge in [-0.15, -0.1) is 0 Å². The number of rotatable bonds is 11. The number of carbonyl (C=O) groups excluding carboxylic acids is 6. The third kappa shape index (κ3) is 10.1. The molecule has 3 aliphatic rings. The number of amides is 5. The molecule has 5 N–H and O–H groups in total. The van der Waals surface area contributed by atoms with E-state index in [-0.39, 0.29) is 19.6 Å². The predicted octanol–water partition coefficient (Wildman–Crippen LogP) is 2.88. The number of carbonyl (C=O) groups is 6. The summed E-state index contributed by atoms with van der Waals surface area (Å²) in [5.74, 6) is -2.55. The topological polar surface area (TPSA) is 177 Å². The zero-order chi connectivity index (χ0) is 33.1. The van der Waals surface area contributed by atoms with Crippen LogP contribution in [0.25, 0.3) is 0 Å². The Morgan fingerprint density at radius 3 is 2.09 bits per heavy atom. The van der Waals surface area contributed by atoms with Gasteiger partial charge in [-0.05, 0) is 43.4 Å². The number of hydrogen-bond donors (Lipinski definition) is 4. The number of ether oxygens (including phenoxy) is 1. The molecule has 44 heavy (non-hydrogen) atoms. The first-order chi connectivity index (χ1) is 20.7. The van der Waals surface area contributed by atoms with E-state index in [4.69, 9.17) is 10.5 Å². The number of primary amides is 1. The fourth-order valence-electron chi connectivity index (χ4n) is 5.72. The van der Waals surface area contributed by atoms with E-state index in [9.17, 15) is 28.8 Å². The van der Waals surface area contributed by atoms with Gasteiger partial charge < -0.3 is 31.3 Å². The molecular formula is C32H53N5O7. The largest absolute Gasteiger partial charge is 0.460 e. The molecule has 0 aromatic rings. The van der Waals surface area contributed by atoms with Gasteiger partial charge in [0.05, 0.1) is 6.04 Å². The van der Waals surface area contributed by atoms with Crippen LogP contribution in [-0.4, -0.2) is 77.2 Å². The smallest absolute Gasteiger partial charge is 0.332 e. The minimum atomic E-state index is -1.20. The Bertz CT molecular complexity index is 1060. The molecule has 3 unspecified atom stereocenters. The molecule has 2 aliphatic carbocycles. The van der Waals surface area contributed by atoms with Crippen molar-refractivity contribution in [2.45, 2.75) is 129 Å². The first kappa shape index (κ1) is 36.8. The van der Waals surface area contributed by atoms with Gasteiger partial charge in [0.25, 0.3) is 5.91 Å². The molecule has 5 amide bonds. The van der Waals surface area contributed by atoms with Crippen LogP contribution >= 0.6 is 0 Å². The molecule has 1 heterocycles. The molecule has 2 saturated carbocycles. The Hall–Kier alpha value is -3.44. The molecule has 0 bridgehead atoms. The lowest BCUT2D eigenvalue weighted by Gasteiger charge is -2.38. The number of hydrogen-bond acceptors (Lipinski definition) is 7. The summed E-state index contributed by atoms with van der Waals surface area (Å²) in [5, 5.41) is 8.07. The Morgan fingerprint density at radius 2 is 1.61 bits per heavy atom. The zero-order valence-electron chi connectivity index (χ0n) is 27.2. The number of nitrogens with two attached hydrogens (primary N) is 1. The van der Waals surface area contributed by atoms with Gasteiger partial charge in [-0.1, -0.05) is 85.8 Å². The molecule has 0 aromatic heterocycles. The van der Waals surface area contributed by atoms with Crippen molar-refractivity contribution in [1.82, 2.24) is 20.9 Å². The summed E-state index contributed by atoms with van der Waals surface area (Å²) in [6.45, 7) is 13.2. The third-order valence-corrected chi connectivity index (χ3v) is 8.69. The van der Waals surface area contributed by atoms with Gasteiger partial charge in [-0.25, -0.2) is 9.59 Å². The molecule has 0 spiro atoms. The molecular weight excluding hydrogens is 566 g/mol. The average Bonchev–Trinajstić information content (AvgIpc) is 3.46. The fourth-order valence-corrected chi connectivity index (χ4v) is 5.72. The van der Waals surface area contributed by atoms with Crippen LogP contribution in [0.1, 0.15) is 105 Å². The van der Waals surface area contributed by atoms with E-state index in [0.29, 0.717) is 25.7 Å². The number of likely N-dealkylation sites (tertiary alicyclic amines) is 1. The van der Waals surface area contributed by atoms with Gasteiger partial charge in [-0.2, -0.15) is 0 Å². The van der Waals surface area contributed by atoms with Gasteiger partial charge in [0.15, 0.2) is 0 Å². The number of ketones is 1. The molecule has 0 aromatic carbocycles. The van der Waals surface area contributed by atoms with Crippen LogP contribution in [0.4, 0.5) is 4.79 Å². The average molecular weight is 620 g/mol. The first-order valence-electron chi connectivity index (χ1n) is 16.0. The van der Waals surface area contributed by atoms with Gasteiger partial charge in [-0.3, -0.25) is 19.2 Å². The molecule has 1 saturated heterocycles. The maximum Gasteiger partial charge on any atom is 0.332 e. The molecule has 3 fully saturated rings. The second-order valence-electron chi connectivity index (χ2n) is 13.4. The van der Waals surface area contributed by atoms with Crippen molar-refractivity contribution in [1.29, 1.82) is 0 Å². The normalized spacial score (nSPS) is 20.8. The van der Waals surface area contributed by atoms with Gasteiger partial charge in [0.1, 0.15) is 24.2 Å². The van der Waals surface area contributed by atoms with Crippen LogP contribution in [0.3, 0.4) is 0 Å². The second kappa shape index (κ2) is 16.6. The van der Waals surface area contributed by atoms with E-state index in [1.807, 2.05) is 0 Å². The summed E-state index contributed by atoms with van der Waals surface area (Å²) in [4.78, 5) is 77.6. The minimum absolute atomic E-state index is 0.0231. The van der Waals surface area contributed by atoms with Crippen molar-refractivity contribution in [3.63, 3.8) is 0 Å². The molecule has 12 nitrogen and oxygen atoms in total. The SMILES string of the molecule is C=CCOC(=O)C1(NC(=O)NC(C(=O)N2CCCC2C(=O)NC(CC)C(=O)C(N)=O)C(C)(C)C)CCCCC1.CC1CCC1. The summed E-state index contributed by atoms with van der Waals surface area (Å²) in [5.41, 5.74) is 3.15. The monoisotopic (exact) mass is 619 g/mol. The molecule has 3 atom stereocenters. The lowest BCUT2D eigenvalue weighted by molar-refractivity contribution is -0.151. The van der Waals surface area contributed by atoms with E-state index in [1.54, 1.807) is 27.7 Å².